The second kappa shape index (κ2) is 4.22. The van der Waals surface area contributed by atoms with Crippen molar-refractivity contribution in [3.05, 3.63) is 39.2 Å². The lowest BCUT2D eigenvalue weighted by Gasteiger charge is -2.23. The Bertz CT molecular complexity index is 835. The van der Waals surface area contributed by atoms with Crippen molar-refractivity contribution in [2.24, 2.45) is 5.92 Å². The van der Waals surface area contributed by atoms with Crippen LogP contribution < -0.4 is 15.4 Å². The van der Waals surface area contributed by atoms with Gasteiger partial charge in [0.1, 0.15) is 16.9 Å². The summed E-state index contributed by atoms with van der Waals surface area (Å²) in [6, 6.07) is 6.18. The minimum atomic E-state index is 0.472. The number of rotatable bonds is 1. The van der Waals surface area contributed by atoms with Gasteiger partial charge in [-0.1, -0.05) is 35.9 Å². The van der Waals surface area contributed by atoms with Gasteiger partial charge in [-0.2, -0.15) is 0 Å². The van der Waals surface area contributed by atoms with Gasteiger partial charge in [0.2, 0.25) is 0 Å². The molecule has 4 rings (SSSR count). The molecule has 1 aliphatic heterocycles. The summed E-state index contributed by atoms with van der Waals surface area (Å²) in [6.07, 6.45) is 4.10. The third kappa shape index (κ3) is 1.61. The van der Waals surface area contributed by atoms with E-state index in [0.717, 1.165) is 51.0 Å². The molecular weight excluding hydrogens is 316 g/mol. The van der Waals surface area contributed by atoms with E-state index in [4.69, 9.17) is 9.72 Å². The normalized spacial score (nSPS) is 18.9. The van der Waals surface area contributed by atoms with Crippen molar-refractivity contribution in [1.82, 2.24) is 9.55 Å². The fourth-order valence-corrected chi connectivity index (χ4v) is 3.40. The lowest BCUT2D eigenvalue weighted by atomic mass is 10.0. The zero-order valence-electron chi connectivity index (χ0n) is 11.5. The smallest absolute Gasteiger partial charge is 0.152 e. The maximum Gasteiger partial charge on any atom is 0.152 e. The Morgan fingerprint density at radius 2 is 2.30 bits per heavy atom. The molecule has 0 N–H and O–H groups in total. The first-order valence-corrected chi connectivity index (χ1v) is 7.77. The first kappa shape index (κ1) is 12.2. The Labute approximate surface area is 125 Å². The monoisotopic (exact) mass is 330 g/mol. The first-order valence-electron chi connectivity index (χ1n) is 6.98. The van der Waals surface area contributed by atoms with Crippen LogP contribution in [-0.4, -0.2) is 9.55 Å². The first-order chi connectivity index (χ1) is 9.67. The molecule has 0 fully saturated rings. The van der Waals surface area contributed by atoms with Crippen molar-refractivity contribution in [1.29, 1.82) is 0 Å². The molecular formula is C16H15BrN2O. The number of aryl methyl sites for hydroxylation is 1. The summed E-state index contributed by atoms with van der Waals surface area (Å²) in [5, 5.41) is 2.22. The molecule has 0 saturated carbocycles. The van der Waals surface area contributed by atoms with Crippen LogP contribution in [0.5, 0.6) is 5.75 Å². The zero-order valence-corrected chi connectivity index (χ0v) is 13.1. The van der Waals surface area contributed by atoms with Crippen molar-refractivity contribution in [2.45, 2.75) is 26.7 Å². The number of aromatic nitrogens is 2. The second-order valence-corrected chi connectivity index (χ2v) is 6.35. The Morgan fingerprint density at radius 1 is 1.45 bits per heavy atom. The molecule has 0 amide bonds. The molecule has 0 radical (unpaired) electrons. The lowest BCUT2D eigenvalue weighted by Crippen LogP contribution is -2.39. The van der Waals surface area contributed by atoms with Crippen molar-refractivity contribution in [3.63, 3.8) is 0 Å². The summed E-state index contributed by atoms with van der Waals surface area (Å²) in [5.41, 5.74) is 1.09. The van der Waals surface area contributed by atoms with Gasteiger partial charge in [0.05, 0.1) is 11.0 Å². The minimum Gasteiger partial charge on any atom is -0.457 e. The third-order valence-electron chi connectivity index (χ3n) is 3.90. The summed E-state index contributed by atoms with van der Waals surface area (Å²) >= 11 is 3.52. The van der Waals surface area contributed by atoms with E-state index in [0.29, 0.717) is 5.92 Å². The third-order valence-corrected chi connectivity index (χ3v) is 4.39. The van der Waals surface area contributed by atoms with E-state index in [-0.39, 0.29) is 0 Å². The summed E-state index contributed by atoms with van der Waals surface area (Å²) in [5.74, 6) is 3.53. The maximum absolute atomic E-state index is 6.15. The molecule has 20 heavy (non-hydrogen) atoms. The van der Waals surface area contributed by atoms with Crippen LogP contribution in [0, 0.1) is 5.92 Å². The summed E-state index contributed by atoms with van der Waals surface area (Å²) in [6.45, 7) is 4.36. The van der Waals surface area contributed by atoms with Gasteiger partial charge >= 0.3 is 0 Å². The molecule has 1 unspecified atom stereocenters. The predicted molar refractivity (Wildman–Crippen MR) is 82.2 cm³/mol. The topological polar surface area (TPSA) is 27.1 Å². The van der Waals surface area contributed by atoms with Crippen molar-refractivity contribution in [2.75, 3.05) is 0 Å². The van der Waals surface area contributed by atoms with Gasteiger partial charge in [-0.25, -0.2) is 4.98 Å². The van der Waals surface area contributed by atoms with Crippen LogP contribution in [0.4, 0.5) is 0 Å². The van der Waals surface area contributed by atoms with Crippen LogP contribution in [0.1, 0.15) is 26.1 Å². The molecule has 1 aliphatic carbocycles. The molecule has 1 aromatic heterocycles. The van der Waals surface area contributed by atoms with E-state index in [9.17, 15) is 0 Å². The van der Waals surface area contributed by atoms with Crippen molar-refractivity contribution < 1.29 is 4.74 Å². The van der Waals surface area contributed by atoms with E-state index in [1.165, 1.54) is 0 Å². The highest BCUT2D eigenvalue weighted by molar-refractivity contribution is 9.10. The quantitative estimate of drug-likeness (QED) is 0.803. The van der Waals surface area contributed by atoms with Crippen LogP contribution in [0.25, 0.3) is 17.5 Å². The van der Waals surface area contributed by atoms with Gasteiger partial charge in [-0.05, 0) is 24.1 Å². The van der Waals surface area contributed by atoms with Gasteiger partial charge in [-0.15, -0.1) is 0 Å². The number of fused-ring (bicyclic) bond motifs is 2. The Morgan fingerprint density at radius 3 is 3.10 bits per heavy atom. The molecule has 0 spiro atoms. The highest BCUT2D eigenvalue weighted by Crippen LogP contribution is 2.33. The van der Waals surface area contributed by atoms with Crippen LogP contribution in [0.15, 0.2) is 22.7 Å². The number of nitrogens with zero attached hydrogens (tertiary/aromatic N) is 2. The van der Waals surface area contributed by atoms with Crippen LogP contribution in [0.2, 0.25) is 0 Å². The van der Waals surface area contributed by atoms with Gasteiger partial charge in [0.15, 0.2) is 5.75 Å². The van der Waals surface area contributed by atoms with E-state index < -0.39 is 0 Å². The molecule has 2 aromatic rings. The molecule has 2 heterocycles. The SMILES string of the molecule is CCc1nc2c3n1-c1ccc(Br)cc1OC=3CC(C)C=2. The summed E-state index contributed by atoms with van der Waals surface area (Å²) in [4.78, 5) is 4.80. The van der Waals surface area contributed by atoms with Crippen molar-refractivity contribution in [3.8, 4) is 11.4 Å². The number of ether oxygens (including phenoxy) is 1. The summed E-state index contributed by atoms with van der Waals surface area (Å²) < 4.78 is 9.45. The number of hydrogen-bond donors (Lipinski definition) is 0. The lowest BCUT2D eigenvalue weighted by molar-refractivity contribution is 0.450. The van der Waals surface area contributed by atoms with E-state index in [2.05, 4.69) is 46.5 Å². The Balaban J connectivity index is 2.13. The molecule has 2 aliphatic rings. The van der Waals surface area contributed by atoms with Crippen LogP contribution in [0.3, 0.4) is 0 Å². The highest BCUT2D eigenvalue weighted by Gasteiger charge is 2.25. The van der Waals surface area contributed by atoms with E-state index in [1.54, 1.807) is 0 Å². The fourth-order valence-electron chi connectivity index (χ4n) is 3.06. The molecule has 1 atom stereocenters. The van der Waals surface area contributed by atoms with Gasteiger partial charge in [0, 0.05) is 17.3 Å². The zero-order chi connectivity index (χ0) is 13.9. The highest BCUT2D eigenvalue weighted by atomic mass is 79.9. The van der Waals surface area contributed by atoms with Gasteiger partial charge in [0.25, 0.3) is 0 Å². The summed E-state index contributed by atoms with van der Waals surface area (Å²) in [7, 11) is 0. The Kier molecular flexibility index (Phi) is 2.58. The van der Waals surface area contributed by atoms with Gasteiger partial charge < -0.3 is 4.74 Å². The fraction of sp³-hybridized carbons (Fsp3) is 0.312. The average Bonchev–Trinajstić information content (AvgIpc) is 2.78. The minimum absolute atomic E-state index is 0.472. The largest absolute Gasteiger partial charge is 0.457 e. The molecule has 4 heteroatoms. The predicted octanol–water partition coefficient (Wildman–Crippen LogP) is 2.52. The molecule has 0 bridgehead atoms. The second-order valence-electron chi connectivity index (χ2n) is 5.44. The van der Waals surface area contributed by atoms with Crippen LogP contribution in [-0.2, 0) is 6.42 Å². The molecule has 0 saturated heterocycles. The molecule has 1 aromatic carbocycles. The van der Waals surface area contributed by atoms with E-state index in [1.807, 2.05) is 12.1 Å². The number of imidazole rings is 1. The van der Waals surface area contributed by atoms with Gasteiger partial charge in [-0.3, -0.25) is 4.57 Å². The molecule has 102 valence electrons. The number of benzene rings is 1. The standard InChI is InChI=1S/C16H15BrN2O/c1-3-15-18-11-6-9(2)7-14-16(11)19(15)12-5-4-10(17)8-13(12)20-14/h4-6,8-9H,3,7H2,1-2H3. The maximum atomic E-state index is 6.15. The van der Waals surface area contributed by atoms with Crippen molar-refractivity contribution >= 4 is 27.8 Å². The number of hydrogen-bond acceptors (Lipinski definition) is 2. The number of halogens is 1. The average molecular weight is 331 g/mol. The Hall–Kier alpha value is -1.55. The van der Waals surface area contributed by atoms with E-state index >= 15 is 0 Å². The molecule has 3 nitrogen and oxygen atoms in total. The van der Waals surface area contributed by atoms with Crippen LogP contribution >= 0.6 is 15.9 Å².